The number of aromatic nitrogens is 1. The maximum Gasteiger partial charge on any atom is 0.183 e. The number of furan rings is 1. The lowest BCUT2D eigenvalue weighted by Crippen LogP contribution is -2.04. The number of hydrogen-bond acceptors (Lipinski definition) is 4. The number of hydrogen-bond donors (Lipinski definition) is 1. The van der Waals surface area contributed by atoms with E-state index in [0.29, 0.717) is 0 Å². The molecule has 0 bridgehead atoms. The van der Waals surface area contributed by atoms with Gasteiger partial charge in [-0.15, -0.1) is 11.3 Å². The molecule has 3 aromatic rings. The van der Waals surface area contributed by atoms with Crippen LogP contribution in [0.1, 0.15) is 23.6 Å². The highest BCUT2D eigenvalue weighted by molar-refractivity contribution is 7.15. The van der Waals surface area contributed by atoms with E-state index in [9.17, 15) is 0 Å². The largest absolute Gasteiger partial charge is 0.459 e. The van der Waals surface area contributed by atoms with E-state index in [-0.39, 0.29) is 6.04 Å². The predicted octanol–water partition coefficient (Wildman–Crippen LogP) is 4.37. The summed E-state index contributed by atoms with van der Waals surface area (Å²) in [5.41, 5.74) is 0.927. The van der Waals surface area contributed by atoms with E-state index >= 15 is 0 Å². The smallest absolute Gasteiger partial charge is 0.183 e. The maximum atomic E-state index is 5.82. The molecule has 2 aromatic heterocycles. The third-order valence-electron chi connectivity index (χ3n) is 2.83. The van der Waals surface area contributed by atoms with Crippen molar-refractivity contribution in [1.29, 1.82) is 0 Å². The van der Waals surface area contributed by atoms with Gasteiger partial charge < -0.3 is 9.73 Å². The van der Waals surface area contributed by atoms with Crippen LogP contribution in [-0.2, 0) is 0 Å². The minimum absolute atomic E-state index is 0.114. The van der Waals surface area contributed by atoms with Gasteiger partial charge in [-0.05, 0) is 26.0 Å². The van der Waals surface area contributed by atoms with Gasteiger partial charge in [0, 0.05) is 16.5 Å². The van der Waals surface area contributed by atoms with Crippen molar-refractivity contribution in [3.8, 4) is 0 Å². The Morgan fingerprint density at radius 2 is 2.17 bits per heavy atom. The molecule has 0 saturated heterocycles. The molecule has 2 heterocycles. The molecular formula is C14H14N2OS. The van der Waals surface area contributed by atoms with Gasteiger partial charge in [-0.2, -0.15) is 0 Å². The van der Waals surface area contributed by atoms with Crippen LogP contribution in [0.5, 0.6) is 0 Å². The van der Waals surface area contributed by atoms with Crippen molar-refractivity contribution in [3.05, 3.63) is 47.2 Å². The number of nitrogens with zero attached hydrogens (tertiary/aromatic N) is 1. The van der Waals surface area contributed by atoms with Crippen LogP contribution in [0.15, 0.2) is 40.9 Å². The Bertz CT molecular complexity index is 638. The Hall–Kier alpha value is -1.81. The van der Waals surface area contributed by atoms with E-state index in [1.54, 1.807) is 11.3 Å². The molecule has 0 amide bonds. The Labute approximate surface area is 109 Å². The molecule has 4 heteroatoms. The molecule has 1 aromatic carbocycles. The highest BCUT2D eigenvalue weighted by Crippen LogP contribution is 2.27. The van der Waals surface area contributed by atoms with Gasteiger partial charge >= 0.3 is 0 Å². The normalized spacial score (nSPS) is 12.8. The second-order valence-electron chi connectivity index (χ2n) is 4.33. The van der Waals surface area contributed by atoms with Crippen molar-refractivity contribution in [2.24, 2.45) is 0 Å². The summed E-state index contributed by atoms with van der Waals surface area (Å²) < 4.78 is 5.82. The van der Waals surface area contributed by atoms with Gasteiger partial charge in [-0.3, -0.25) is 0 Å². The topological polar surface area (TPSA) is 38.1 Å². The third kappa shape index (κ3) is 2.11. The Morgan fingerprint density at radius 1 is 1.33 bits per heavy atom. The molecule has 3 rings (SSSR count). The fourth-order valence-corrected chi connectivity index (χ4v) is 2.65. The van der Waals surface area contributed by atoms with Crippen molar-refractivity contribution in [2.75, 3.05) is 5.32 Å². The monoisotopic (exact) mass is 258 g/mol. The van der Waals surface area contributed by atoms with Gasteiger partial charge in [0.1, 0.15) is 11.3 Å². The van der Waals surface area contributed by atoms with Gasteiger partial charge in [-0.1, -0.05) is 18.2 Å². The fourth-order valence-electron chi connectivity index (χ4n) is 1.89. The molecule has 1 N–H and O–H groups in total. The van der Waals surface area contributed by atoms with Crippen LogP contribution in [0.25, 0.3) is 11.0 Å². The van der Waals surface area contributed by atoms with Crippen LogP contribution < -0.4 is 5.32 Å². The van der Waals surface area contributed by atoms with Crippen molar-refractivity contribution in [3.63, 3.8) is 0 Å². The molecule has 0 saturated carbocycles. The summed E-state index contributed by atoms with van der Waals surface area (Å²) in [6.07, 6.45) is 1.87. The number of benzene rings is 1. The van der Waals surface area contributed by atoms with Crippen LogP contribution in [-0.4, -0.2) is 4.98 Å². The molecule has 0 fully saturated rings. The van der Waals surface area contributed by atoms with Crippen LogP contribution >= 0.6 is 11.3 Å². The summed E-state index contributed by atoms with van der Waals surface area (Å²) >= 11 is 1.65. The van der Waals surface area contributed by atoms with Gasteiger partial charge in [0.15, 0.2) is 5.13 Å². The van der Waals surface area contributed by atoms with E-state index in [2.05, 4.69) is 36.3 Å². The molecule has 3 nitrogen and oxygen atoms in total. The minimum Gasteiger partial charge on any atom is -0.459 e. The van der Waals surface area contributed by atoms with Gasteiger partial charge in [-0.25, -0.2) is 4.98 Å². The van der Waals surface area contributed by atoms with E-state index in [1.165, 1.54) is 4.88 Å². The third-order valence-corrected chi connectivity index (χ3v) is 3.68. The number of thiazole rings is 1. The summed E-state index contributed by atoms with van der Waals surface area (Å²) in [5.74, 6) is 0.934. The zero-order valence-electron chi connectivity index (χ0n) is 10.3. The molecule has 18 heavy (non-hydrogen) atoms. The Kier molecular flexibility index (Phi) is 2.80. The predicted molar refractivity (Wildman–Crippen MR) is 75.1 cm³/mol. The maximum absolute atomic E-state index is 5.82. The molecular weight excluding hydrogens is 244 g/mol. The summed E-state index contributed by atoms with van der Waals surface area (Å²) in [6.45, 7) is 4.13. The van der Waals surface area contributed by atoms with Crippen molar-refractivity contribution in [1.82, 2.24) is 4.98 Å². The molecule has 1 unspecified atom stereocenters. The Balaban J connectivity index is 1.85. The molecule has 0 aliphatic rings. The molecule has 0 aliphatic heterocycles. The first-order chi connectivity index (χ1) is 8.72. The molecule has 0 spiro atoms. The summed E-state index contributed by atoms with van der Waals surface area (Å²) in [7, 11) is 0. The highest BCUT2D eigenvalue weighted by Gasteiger charge is 2.12. The summed E-state index contributed by atoms with van der Waals surface area (Å²) in [5, 5.41) is 5.42. The average Bonchev–Trinajstić information content (AvgIpc) is 2.95. The van der Waals surface area contributed by atoms with Crippen LogP contribution in [0.4, 0.5) is 5.13 Å². The summed E-state index contributed by atoms with van der Waals surface area (Å²) in [4.78, 5) is 5.50. The number of aryl methyl sites for hydroxylation is 1. The van der Waals surface area contributed by atoms with Crippen molar-refractivity contribution < 1.29 is 4.42 Å². The van der Waals surface area contributed by atoms with Gasteiger partial charge in [0.05, 0.1) is 6.04 Å². The second kappa shape index (κ2) is 4.46. The minimum atomic E-state index is 0.114. The van der Waals surface area contributed by atoms with Gasteiger partial charge in [0.2, 0.25) is 0 Å². The number of rotatable bonds is 3. The van der Waals surface area contributed by atoms with Gasteiger partial charge in [0.25, 0.3) is 0 Å². The molecule has 0 radical (unpaired) electrons. The fraction of sp³-hybridized carbons (Fsp3) is 0.214. The van der Waals surface area contributed by atoms with E-state index in [1.807, 2.05) is 24.4 Å². The highest BCUT2D eigenvalue weighted by atomic mass is 32.1. The first-order valence-corrected chi connectivity index (χ1v) is 6.71. The lowest BCUT2D eigenvalue weighted by Gasteiger charge is -2.09. The van der Waals surface area contributed by atoms with Crippen LogP contribution in [0, 0.1) is 6.92 Å². The first-order valence-electron chi connectivity index (χ1n) is 5.90. The van der Waals surface area contributed by atoms with Crippen LogP contribution in [0.3, 0.4) is 0 Å². The molecule has 1 atom stereocenters. The van der Waals surface area contributed by atoms with Crippen molar-refractivity contribution >= 4 is 27.4 Å². The number of fused-ring (bicyclic) bond motifs is 1. The Morgan fingerprint density at radius 3 is 2.89 bits per heavy atom. The molecule has 0 aliphatic carbocycles. The number of nitrogens with one attached hydrogen (secondary N) is 1. The first kappa shape index (κ1) is 11.3. The lowest BCUT2D eigenvalue weighted by molar-refractivity contribution is 0.526. The summed E-state index contributed by atoms with van der Waals surface area (Å²) in [6, 6.07) is 10.2. The van der Waals surface area contributed by atoms with Crippen molar-refractivity contribution in [2.45, 2.75) is 19.9 Å². The standard InChI is InChI=1S/C14H14N2OS/c1-9-8-15-14(18-9)16-10(2)13-7-11-5-3-4-6-12(11)17-13/h3-8,10H,1-2H3,(H,15,16). The average molecular weight is 258 g/mol. The zero-order valence-corrected chi connectivity index (χ0v) is 11.1. The number of para-hydroxylation sites is 1. The van der Waals surface area contributed by atoms with Crippen LogP contribution in [0.2, 0.25) is 0 Å². The van der Waals surface area contributed by atoms with E-state index in [4.69, 9.17) is 4.42 Å². The molecule has 92 valence electrons. The lowest BCUT2D eigenvalue weighted by atomic mass is 10.2. The SMILES string of the molecule is Cc1cnc(NC(C)c2cc3ccccc3o2)s1. The zero-order chi connectivity index (χ0) is 12.5. The quantitative estimate of drug-likeness (QED) is 0.758. The number of anilines is 1. The van der Waals surface area contributed by atoms with E-state index in [0.717, 1.165) is 21.9 Å². The second-order valence-corrected chi connectivity index (χ2v) is 5.56. The van der Waals surface area contributed by atoms with E-state index < -0.39 is 0 Å².